The van der Waals surface area contributed by atoms with Crippen molar-refractivity contribution in [2.24, 2.45) is 7.05 Å². The molecular weight excluding hydrogens is 282 g/mol. The summed E-state index contributed by atoms with van der Waals surface area (Å²) in [7, 11) is 3.45. The maximum Gasteiger partial charge on any atom is 0.338 e. The minimum atomic E-state index is -0.527. The van der Waals surface area contributed by atoms with Crippen molar-refractivity contribution in [2.45, 2.75) is 13.8 Å². The van der Waals surface area contributed by atoms with Gasteiger partial charge in [0.25, 0.3) is 0 Å². The van der Waals surface area contributed by atoms with Gasteiger partial charge in [-0.25, -0.2) is 4.79 Å². The maximum atomic E-state index is 12.2. The highest BCUT2D eigenvalue weighted by Crippen LogP contribution is 2.15. The minimum Gasteiger partial charge on any atom is -0.497 e. The fraction of sp³-hybridized carbons (Fsp3) is 0.294. The molecule has 0 radical (unpaired) electrons. The second kappa shape index (κ2) is 6.47. The molecule has 2 aromatic rings. The number of nitrogens with zero attached hydrogens (tertiary/aromatic N) is 1. The van der Waals surface area contributed by atoms with Gasteiger partial charge in [-0.3, -0.25) is 4.79 Å². The van der Waals surface area contributed by atoms with Crippen LogP contribution in [0.4, 0.5) is 0 Å². The molecule has 116 valence electrons. The highest BCUT2D eigenvalue weighted by Gasteiger charge is 2.16. The molecule has 0 aliphatic heterocycles. The van der Waals surface area contributed by atoms with E-state index in [4.69, 9.17) is 9.47 Å². The first-order chi connectivity index (χ1) is 10.4. The SMILES string of the molecule is COc1ccc(C(=O)OCC(=O)c2cc(C)n(C)c2C)cc1. The smallest absolute Gasteiger partial charge is 0.338 e. The fourth-order valence-electron chi connectivity index (χ4n) is 2.16. The van der Waals surface area contributed by atoms with E-state index in [0.717, 1.165) is 11.4 Å². The molecule has 0 aliphatic rings. The number of carbonyl (C=O) groups is 2. The largest absolute Gasteiger partial charge is 0.497 e. The first-order valence-electron chi connectivity index (χ1n) is 6.91. The van der Waals surface area contributed by atoms with Crippen LogP contribution >= 0.6 is 0 Å². The topological polar surface area (TPSA) is 57.5 Å². The second-order valence-corrected chi connectivity index (χ2v) is 5.07. The zero-order valence-corrected chi connectivity index (χ0v) is 13.2. The highest BCUT2D eigenvalue weighted by molar-refractivity contribution is 6.00. The van der Waals surface area contributed by atoms with E-state index in [-0.39, 0.29) is 12.4 Å². The molecule has 0 saturated carbocycles. The predicted octanol–water partition coefficient (Wildman–Crippen LogP) is 2.69. The number of Topliss-reactive ketones (excluding diaryl/α,β-unsaturated/α-hetero) is 1. The Bertz CT molecular complexity index is 698. The summed E-state index contributed by atoms with van der Waals surface area (Å²) in [4.78, 5) is 24.1. The molecule has 0 amide bonds. The highest BCUT2D eigenvalue weighted by atomic mass is 16.5. The molecule has 2 rings (SSSR count). The fourth-order valence-corrected chi connectivity index (χ4v) is 2.16. The van der Waals surface area contributed by atoms with Crippen molar-refractivity contribution in [1.29, 1.82) is 0 Å². The van der Waals surface area contributed by atoms with Crippen molar-refractivity contribution < 1.29 is 19.1 Å². The third kappa shape index (κ3) is 3.19. The monoisotopic (exact) mass is 301 g/mol. The molecule has 0 spiro atoms. The standard InChI is InChI=1S/C17H19NO4/c1-11-9-15(12(2)18(11)3)16(19)10-22-17(20)13-5-7-14(21-4)8-6-13/h5-9H,10H2,1-4H3. The summed E-state index contributed by atoms with van der Waals surface area (Å²) in [6.07, 6.45) is 0. The average Bonchev–Trinajstić information content (AvgIpc) is 2.80. The van der Waals surface area contributed by atoms with Crippen LogP contribution in [0.3, 0.4) is 0 Å². The summed E-state index contributed by atoms with van der Waals surface area (Å²) in [6, 6.07) is 8.35. The third-order valence-electron chi connectivity index (χ3n) is 3.74. The van der Waals surface area contributed by atoms with Crippen LogP contribution in [0, 0.1) is 13.8 Å². The van der Waals surface area contributed by atoms with Crippen molar-refractivity contribution in [2.75, 3.05) is 13.7 Å². The molecule has 5 nitrogen and oxygen atoms in total. The van der Waals surface area contributed by atoms with E-state index in [2.05, 4.69) is 0 Å². The van der Waals surface area contributed by atoms with Gasteiger partial charge in [0, 0.05) is 24.0 Å². The van der Waals surface area contributed by atoms with Crippen molar-refractivity contribution in [3.8, 4) is 5.75 Å². The lowest BCUT2D eigenvalue weighted by molar-refractivity contribution is 0.0474. The summed E-state index contributed by atoms with van der Waals surface area (Å²) in [6.45, 7) is 3.52. The Labute approximate surface area is 129 Å². The van der Waals surface area contributed by atoms with E-state index >= 15 is 0 Å². The van der Waals surface area contributed by atoms with Gasteiger partial charge in [0.05, 0.1) is 12.7 Å². The van der Waals surface area contributed by atoms with Crippen molar-refractivity contribution in [1.82, 2.24) is 4.57 Å². The normalized spacial score (nSPS) is 10.4. The number of ether oxygens (including phenoxy) is 2. The second-order valence-electron chi connectivity index (χ2n) is 5.07. The Balaban J connectivity index is 2.00. The average molecular weight is 301 g/mol. The summed E-state index contributed by atoms with van der Waals surface area (Å²) in [5, 5.41) is 0. The number of hydrogen-bond donors (Lipinski definition) is 0. The zero-order valence-electron chi connectivity index (χ0n) is 13.2. The number of carbonyl (C=O) groups excluding carboxylic acids is 2. The Morgan fingerprint density at radius 1 is 1.14 bits per heavy atom. The predicted molar refractivity (Wildman–Crippen MR) is 82.5 cm³/mol. The third-order valence-corrected chi connectivity index (χ3v) is 3.74. The number of benzene rings is 1. The Morgan fingerprint density at radius 2 is 1.77 bits per heavy atom. The molecule has 22 heavy (non-hydrogen) atoms. The lowest BCUT2D eigenvalue weighted by Gasteiger charge is -2.05. The molecule has 0 unspecified atom stereocenters. The van der Waals surface area contributed by atoms with Gasteiger partial charge >= 0.3 is 5.97 Å². The van der Waals surface area contributed by atoms with E-state index in [1.807, 2.05) is 25.5 Å². The maximum absolute atomic E-state index is 12.2. The van der Waals surface area contributed by atoms with Gasteiger partial charge in [0.1, 0.15) is 5.75 Å². The van der Waals surface area contributed by atoms with Gasteiger partial charge in [-0.2, -0.15) is 0 Å². The van der Waals surface area contributed by atoms with Crippen molar-refractivity contribution >= 4 is 11.8 Å². The van der Waals surface area contributed by atoms with Crippen LogP contribution in [0.2, 0.25) is 0 Å². The summed E-state index contributed by atoms with van der Waals surface area (Å²) < 4.78 is 12.0. The Morgan fingerprint density at radius 3 is 2.27 bits per heavy atom. The van der Waals surface area contributed by atoms with Crippen LogP contribution in [0.15, 0.2) is 30.3 Å². The van der Waals surface area contributed by atoms with Crippen LogP contribution in [0.5, 0.6) is 5.75 Å². The zero-order chi connectivity index (χ0) is 16.3. The summed E-state index contributed by atoms with van der Waals surface area (Å²) in [5.74, 6) is -0.0765. The van der Waals surface area contributed by atoms with Gasteiger partial charge < -0.3 is 14.0 Å². The Hall–Kier alpha value is -2.56. The molecule has 5 heteroatoms. The lowest BCUT2D eigenvalue weighted by Crippen LogP contribution is -2.15. The van der Waals surface area contributed by atoms with Crippen molar-refractivity contribution in [3.63, 3.8) is 0 Å². The van der Waals surface area contributed by atoms with E-state index in [1.54, 1.807) is 37.4 Å². The van der Waals surface area contributed by atoms with Crippen LogP contribution < -0.4 is 4.74 Å². The number of methoxy groups -OCH3 is 1. The van der Waals surface area contributed by atoms with E-state index in [9.17, 15) is 9.59 Å². The van der Waals surface area contributed by atoms with Gasteiger partial charge in [-0.1, -0.05) is 0 Å². The number of hydrogen-bond acceptors (Lipinski definition) is 4. The number of ketones is 1. The Kier molecular flexibility index (Phi) is 4.65. The number of esters is 1. The van der Waals surface area contributed by atoms with E-state index < -0.39 is 5.97 Å². The number of aryl methyl sites for hydroxylation is 1. The first kappa shape index (κ1) is 15.8. The molecule has 1 aromatic heterocycles. The van der Waals surface area contributed by atoms with E-state index in [1.165, 1.54) is 0 Å². The molecule has 0 atom stereocenters. The van der Waals surface area contributed by atoms with Crippen molar-refractivity contribution in [3.05, 3.63) is 52.8 Å². The van der Waals surface area contributed by atoms with Crippen LogP contribution in [-0.4, -0.2) is 30.0 Å². The van der Waals surface area contributed by atoms with Crippen LogP contribution in [0.25, 0.3) is 0 Å². The molecule has 0 aliphatic carbocycles. The van der Waals surface area contributed by atoms with Gasteiger partial charge in [0.2, 0.25) is 5.78 Å². The summed E-state index contributed by atoms with van der Waals surface area (Å²) >= 11 is 0. The molecule has 0 N–H and O–H groups in total. The molecule has 1 heterocycles. The minimum absolute atomic E-state index is 0.205. The van der Waals surface area contributed by atoms with Gasteiger partial charge in [-0.15, -0.1) is 0 Å². The molecule has 0 fully saturated rings. The van der Waals surface area contributed by atoms with Crippen LogP contribution in [0.1, 0.15) is 32.1 Å². The molecule has 1 aromatic carbocycles. The molecule has 0 saturated heterocycles. The van der Waals surface area contributed by atoms with Gasteiger partial charge in [0.15, 0.2) is 6.61 Å². The van der Waals surface area contributed by atoms with Gasteiger partial charge in [-0.05, 0) is 44.2 Å². The van der Waals surface area contributed by atoms with Crippen LogP contribution in [-0.2, 0) is 11.8 Å². The van der Waals surface area contributed by atoms with E-state index in [0.29, 0.717) is 16.9 Å². The first-order valence-corrected chi connectivity index (χ1v) is 6.91. The molecule has 0 bridgehead atoms. The molecular formula is C17H19NO4. The number of rotatable bonds is 5. The quantitative estimate of drug-likeness (QED) is 0.629. The number of aromatic nitrogens is 1. The summed E-state index contributed by atoms with van der Waals surface area (Å²) in [5.41, 5.74) is 2.82. The lowest BCUT2D eigenvalue weighted by atomic mass is 10.1.